The van der Waals surface area contributed by atoms with Gasteiger partial charge in [-0.15, -0.1) is 0 Å². The zero-order valence-electron chi connectivity index (χ0n) is 35.1. The van der Waals surface area contributed by atoms with Crippen molar-refractivity contribution in [1.82, 2.24) is 29.9 Å². The lowest BCUT2D eigenvalue weighted by Gasteiger charge is -2.37. The van der Waals surface area contributed by atoms with Crippen molar-refractivity contribution in [2.75, 3.05) is 89.3 Å². The van der Waals surface area contributed by atoms with Crippen LogP contribution >= 0.6 is 0 Å². The fourth-order valence-electron chi connectivity index (χ4n) is 8.18. The number of aryl methyl sites for hydroxylation is 3. The number of anilines is 2. The summed E-state index contributed by atoms with van der Waals surface area (Å²) in [6, 6.07) is 12.5. The van der Waals surface area contributed by atoms with Crippen molar-refractivity contribution >= 4 is 29.7 Å². The van der Waals surface area contributed by atoms with Gasteiger partial charge in [0.15, 0.2) is 0 Å². The predicted molar refractivity (Wildman–Crippen MR) is 229 cm³/mol. The van der Waals surface area contributed by atoms with Crippen molar-refractivity contribution in [3.8, 4) is 11.6 Å². The summed E-state index contributed by atoms with van der Waals surface area (Å²) in [4.78, 5) is 46.8. The van der Waals surface area contributed by atoms with Crippen LogP contribution in [0.4, 0.5) is 11.5 Å². The van der Waals surface area contributed by atoms with Crippen LogP contribution in [-0.4, -0.2) is 127 Å². The van der Waals surface area contributed by atoms with E-state index in [9.17, 15) is 19.5 Å². The second-order valence-electron chi connectivity index (χ2n) is 16.1. The van der Waals surface area contributed by atoms with Crippen LogP contribution in [0.25, 0.3) is 5.69 Å². The van der Waals surface area contributed by atoms with Gasteiger partial charge < -0.3 is 45.7 Å². The number of aromatic nitrogens is 3. The lowest BCUT2D eigenvalue weighted by molar-refractivity contribution is -0.137. The van der Waals surface area contributed by atoms with E-state index in [0.29, 0.717) is 70.4 Å². The lowest BCUT2D eigenvalue weighted by atomic mass is 9.93. The maximum Gasteiger partial charge on any atom is 0.304 e. The van der Waals surface area contributed by atoms with E-state index < -0.39 is 5.97 Å². The molecule has 2 aromatic heterocycles. The first kappa shape index (κ1) is 44.6. The number of nitrogens with two attached hydrogens (primary N) is 1. The van der Waals surface area contributed by atoms with E-state index in [1.807, 2.05) is 42.6 Å². The standard InChI is InChI=1S/C37H49N7O5.C7H18N2/c1-26-18-27(2)44(40-26)33-20-30(19-32(22-33)42-13-15-43(16-14-42)35(46)7-3-4-17-45)31(21-36(47)48)24-41-12-10-28(23-41)25-49-34-9-8-29-6-5-11-38-37(29)39-34;1-9-7-5-3-2-4-6-8/h8-9,17-20,22,28,31H,3-7,10-16,21,23-25H2,1-2H3,(H,38,39)(H,47,48);9H,2-8H2,1H3. The predicted octanol–water partition coefficient (Wildman–Crippen LogP) is 4.94. The van der Waals surface area contributed by atoms with Gasteiger partial charge in [-0.2, -0.15) is 10.1 Å². The molecule has 2 saturated heterocycles. The SMILES string of the molecule is CNCCCCCCN.Cc1cc(C)n(-c2cc(C(CC(=O)O)CN3CCC(COc4ccc5c(n4)NCCC5)C3)cc(N3CCN(C(=O)CCCC=O)CC3)c2)n1. The first-order valence-corrected chi connectivity index (χ1v) is 21.5. The molecule has 2 fully saturated rings. The summed E-state index contributed by atoms with van der Waals surface area (Å²) in [5.74, 6) is 0.956. The summed E-state index contributed by atoms with van der Waals surface area (Å²) in [6.45, 7) is 12.4. The van der Waals surface area contributed by atoms with Crippen LogP contribution in [0.1, 0.15) is 92.6 Å². The molecule has 318 valence electrons. The van der Waals surface area contributed by atoms with Gasteiger partial charge in [-0.1, -0.05) is 12.8 Å². The van der Waals surface area contributed by atoms with Crippen LogP contribution in [0, 0.1) is 19.8 Å². The Morgan fingerprint density at radius 2 is 1.83 bits per heavy atom. The molecule has 0 aliphatic carbocycles. The maximum absolute atomic E-state index is 12.7. The smallest absolute Gasteiger partial charge is 0.304 e. The molecule has 3 aliphatic heterocycles. The van der Waals surface area contributed by atoms with Gasteiger partial charge in [0.25, 0.3) is 0 Å². The van der Waals surface area contributed by atoms with E-state index in [2.05, 4.69) is 49.7 Å². The molecule has 5 heterocycles. The second kappa shape index (κ2) is 23.2. The summed E-state index contributed by atoms with van der Waals surface area (Å²) in [7, 11) is 1.99. The van der Waals surface area contributed by atoms with Crippen LogP contribution in [0.15, 0.2) is 36.4 Å². The van der Waals surface area contributed by atoms with Crippen LogP contribution in [-0.2, 0) is 20.8 Å². The zero-order valence-corrected chi connectivity index (χ0v) is 35.1. The highest BCUT2D eigenvalue weighted by Gasteiger charge is 2.29. The number of amides is 1. The van der Waals surface area contributed by atoms with Gasteiger partial charge in [-0.05, 0) is 121 Å². The van der Waals surface area contributed by atoms with Crippen LogP contribution in [0.5, 0.6) is 5.88 Å². The first-order valence-electron chi connectivity index (χ1n) is 21.5. The van der Waals surface area contributed by atoms with Gasteiger partial charge in [0.1, 0.15) is 12.1 Å². The van der Waals surface area contributed by atoms with E-state index in [1.54, 1.807) is 0 Å². The third-order valence-electron chi connectivity index (χ3n) is 11.3. The van der Waals surface area contributed by atoms with E-state index in [1.165, 1.54) is 31.2 Å². The monoisotopic (exact) mass is 802 g/mol. The Kier molecular flexibility index (Phi) is 17.8. The quantitative estimate of drug-likeness (QED) is 0.0898. The number of carboxylic acid groups (broad SMARTS) is 1. The molecular weight excluding hydrogens is 735 g/mol. The Balaban J connectivity index is 0.000000637. The van der Waals surface area contributed by atoms with Crippen molar-refractivity contribution in [2.45, 2.75) is 90.4 Å². The Bertz CT molecular complexity index is 1750. The average Bonchev–Trinajstić information content (AvgIpc) is 3.83. The molecule has 58 heavy (non-hydrogen) atoms. The number of piperazine rings is 1. The average molecular weight is 802 g/mol. The Labute approximate surface area is 344 Å². The number of fused-ring (bicyclic) bond motifs is 1. The number of carbonyl (C=O) groups excluding carboxylic acids is 2. The minimum Gasteiger partial charge on any atom is -0.481 e. The molecule has 14 nitrogen and oxygen atoms in total. The molecule has 2 unspecified atom stereocenters. The fraction of sp³-hybridized carbons (Fsp3) is 0.614. The molecule has 0 spiro atoms. The molecule has 6 rings (SSSR count). The second-order valence-corrected chi connectivity index (χ2v) is 16.1. The minimum absolute atomic E-state index is 0.0206. The number of aliphatic carboxylic acids is 1. The summed E-state index contributed by atoms with van der Waals surface area (Å²) in [6.07, 6.45) is 10.5. The first-order chi connectivity index (χ1) is 28.2. The lowest BCUT2D eigenvalue weighted by Crippen LogP contribution is -2.48. The number of nitrogens with zero attached hydrogens (tertiary/aromatic N) is 6. The summed E-state index contributed by atoms with van der Waals surface area (Å²) >= 11 is 0. The Morgan fingerprint density at radius 3 is 2.55 bits per heavy atom. The third-order valence-corrected chi connectivity index (χ3v) is 11.3. The summed E-state index contributed by atoms with van der Waals surface area (Å²) in [5, 5.41) is 21.3. The van der Waals surface area contributed by atoms with Crippen molar-refractivity contribution in [2.24, 2.45) is 11.7 Å². The molecule has 0 saturated carbocycles. The molecular formula is C44H67N9O5. The van der Waals surface area contributed by atoms with Gasteiger partial charge in [-0.3, -0.25) is 9.59 Å². The highest BCUT2D eigenvalue weighted by Crippen LogP contribution is 2.32. The number of aldehydes is 1. The van der Waals surface area contributed by atoms with E-state index in [4.69, 9.17) is 15.6 Å². The van der Waals surface area contributed by atoms with Gasteiger partial charge in [-0.25, -0.2) is 4.68 Å². The highest BCUT2D eigenvalue weighted by atomic mass is 16.5. The van der Waals surface area contributed by atoms with E-state index >= 15 is 0 Å². The van der Waals surface area contributed by atoms with Crippen molar-refractivity contribution < 1.29 is 24.2 Å². The number of hydrogen-bond acceptors (Lipinski definition) is 11. The van der Waals surface area contributed by atoms with Gasteiger partial charge >= 0.3 is 5.97 Å². The minimum atomic E-state index is -0.823. The molecule has 14 heteroatoms. The number of unbranched alkanes of at least 4 members (excludes halogenated alkanes) is 4. The number of benzene rings is 1. The van der Waals surface area contributed by atoms with Gasteiger partial charge in [0.2, 0.25) is 11.8 Å². The molecule has 3 aromatic rings. The number of likely N-dealkylation sites (tertiary alicyclic amines) is 1. The zero-order chi connectivity index (χ0) is 41.3. The maximum atomic E-state index is 12.7. The Morgan fingerprint density at radius 1 is 1.03 bits per heavy atom. The molecule has 1 amide bonds. The number of ether oxygens (including phenoxy) is 1. The fourth-order valence-corrected chi connectivity index (χ4v) is 8.18. The number of pyridine rings is 1. The molecule has 0 bridgehead atoms. The van der Waals surface area contributed by atoms with Gasteiger partial charge in [0.05, 0.1) is 24.4 Å². The normalized spacial score (nSPS) is 17.2. The van der Waals surface area contributed by atoms with Crippen LogP contribution < -0.4 is 26.0 Å². The molecule has 3 aliphatic rings. The molecule has 0 radical (unpaired) electrons. The third kappa shape index (κ3) is 13.5. The largest absolute Gasteiger partial charge is 0.481 e. The number of rotatable bonds is 20. The van der Waals surface area contributed by atoms with E-state index in [-0.39, 0.29) is 18.2 Å². The molecule has 2 atom stereocenters. The summed E-state index contributed by atoms with van der Waals surface area (Å²) < 4.78 is 8.07. The van der Waals surface area contributed by atoms with Crippen LogP contribution in [0.2, 0.25) is 0 Å². The number of carboxylic acids is 1. The van der Waals surface area contributed by atoms with E-state index in [0.717, 1.165) is 92.4 Å². The molecule has 1 aromatic carbocycles. The molecule has 5 N–H and O–H groups in total. The van der Waals surface area contributed by atoms with Crippen molar-refractivity contribution in [3.05, 3.63) is 58.9 Å². The number of hydrogen-bond donors (Lipinski definition) is 4. The van der Waals surface area contributed by atoms with Gasteiger partial charge in [0, 0.05) is 87.9 Å². The topological polar surface area (TPSA) is 171 Å². The van der Waals surface area contributed by atoms with Crippen molar-refractivity contribution in [1.29, 1.82) is 0 Å². The summed E-state index contributed by atoms with van der Waals surface area (Å²) in [5.41, 5.74) is 11.4. The highest BCUT2D eigenvalue weighted by molar-refractivity contribution is 5.77. The Hall–Kier alpha value is -4.53. The van der Waals surface area contributed by atoms with Crippen molar-refractivity contribution in [3.63, 3.8) is 0 Å². The van der Waals surface area contributed by atoms with Crippen LogP contribution in [0.3, 0.4) is 0 Å². The number of carbonyl (C=O) groups is 3. The number of nitrogens with one attached hydrogen (secondary N) is 2.